The third-order valence-corrected chi connectivity index (χ3v) is 6.30. The summed E-state index contributed by atoms with van der Waals surface area (Å²) in [4.78, 5) is 23.1. The highest BCUT2D eigenvalue weighted by Gasteiger charge is 2.14. The fourth-order valence-corrected chi connectivity index (χ4v) is 4.02. The Kier molecular flexibility index (Phi) is 5.82. The van der Waals surface area contributed by atoms with Gasteiger partial charge in [0.25, 0.3) is 5.91 Å². The average molecular weight is 619 g/mol. The third-order valence-electron chi connectivity index (χ3n) is 2.63. The maximum atomic E-state index is 12.3. The van der Waals surface area contributed by atoms with Gasteiger partial charge in [0.05, 0.1) is 11.1 Å². The molecular weight excluding hydrogens is 611 g/mol. The van der Waals surface area contributed by atoms with E-state index in [9.17, 15) is 9.59 Å². The molecule has 0 aliphatic heterocycles. The maximum Gasteiger partial charge on any atom is 0.335 e. The zero-order valence-electron chi connectivity index (χ0n) is 10.4. The monoisotopic (exact) mass is 619 g/mol. The molecular formula is C14H8I3NO3. The number of anilines is 1. The smallest absolute Gasteiger partial charge is 0.335 e. The summed E-state index contributed by atoms with van der Waals surface area (Å²) in [5.41, 5.74) is 1.36. The van der Waals surface area contributed by atoms with Crippen molar-refractivity contribution in [2.24, 2.45) is 0 Å². The Morgan fingerprint density at radius 2 is 1.62 bits per heavy atom. The van der Waals surface area contributed by atoms with E-state index in [2.05, 4.69) is 73.1 Å². The Hall–Kier alpha value is -0.430. The largest absolute Gasteiger partial charge is 0.478 e. The fraction of sp³-hybridized carbons (Fsp3) is 0. The number of hydrogen-bond donors (Lipinski definition) is 2. The number of carbonyl (C=O) groups is 2. The molecule has 0 saturated carbocycles. The van der Waals surface area contributed by atoms with Gasteiger partial charge in [0.2, 0.25) is 0 Å². The van der Waals surface area contributed by atoms with Crippen LogP contribution in [0.2, 0.25) is 0 Å². The van der Waals surface area contributed by atoms with Gasteiger partial charge < -0.3 is 10.4 Å². The van der Waals surface area contributed by atoms with Crippen LogP contribution in [0, 0.1) is 10.7 Å². The van der Waals surface area contributed by atoms with E-state index in [4.69, 9.17) is 5.11 Å². The van der Waals surface area contributed by atoms with Crippen LogP contribution >= 0.6 is 67.8 Å². The third kappa shape index (κ3) is 4.28. The lowest BCUT2D eigenvalue weighted by atomic mass is 10.2. The molecule has 0 heterocycles. The number of hydrogen-bond acceptors (Lipinski definition) is 2. The first-order valence-corrected chi connectivity index (χ1v) is 8.91. The predicted molar refractivity (Wildman–Crippen MR) is 106 cm³/mol. The van der Waals surface area contributed by atoms with Crippen LogP contribution in [-0.2, 0) is 0 Å². The van der Waals surface area contributed by atoms with Crippen LogP contribution in [0.4, 0.5) is 5.69 Å². The standard InChI is InChI=1S/C14H8I3NO3/c15-8-5-10(12(17)11(16)6-8)13(19)18-9-3-1-7(2-4-9)14(20)21/h1-6H,(H,18,19)(H,20,21). The lowest BCUT2D eigenvalue weighted by Crippen LogP contribution is -2.14. The second kappa shape index (κ2) is 7.22. The van der Waals surface area contributed by atoms with Crippen LogP contribution in [0.3, 0.4) is 0 Å². The van der Waals surface area contributed by atoms with E-state index >= 15 is 0 Å². The second-order valence-corrected chi connectivity index (χ2v) is 7.57. The van der Waals surface area contributed by atoms with Gasteiger partial charge in [0, 0.05) is 16.4 Å². The number of aromatic carboxylic acids is 1. The van der Waals surface area contributed by atoms with Gasteiger partial charge in [-0.2, -0.15) is 0 Å². The normalized spacial score (nSPS) is 10.2. The highest BCUT2D eigenvalue weighted by atomic mass is 127. The minimum atomic E-state index is -0.991. The molecule has 0 spiro atoms. The first-order chi connectivity index (χ1) is 9.88. The van der Waals surface area contributed by atoms with Crippen molar-refractivity contribution in [3.63, 3.8) is 0 Å². The van der Waals surface area contributed by atoms with Gasteiger partial charge in [-0.05, 0) is 104 Å². The number of amides is 1. The molecule has 0 radical (unpaired) electrons. The molecule has 21 heavy (non-hydrogen) atoms. The van der Waals surface area contributed by atoms with Crippen molar-refractivity contribution >= 4 is 85.3 Å². The average Bonchev–Trinajstić information content (AvgIpc) is 2.43. The molecule has 4 nitrogen and oxygen atoms in total. The minimum absolute atomic E-state index is 0.186. The highest BCUT2D eigenvalue weighted by Crippen LogP contribution is 2.23. The van der Waals surface area contributed by atoms with Gasteiger partial charge in [-0.3, -0.25) is 4.79 Å². The summed E-state index contributed by atoms with van der Waals surface area (Å²) in [5, 5.41) is 11.6. The predicted octanol–water partition coefficient (Wildman–Crippen LogP) is 4.45. The number of nitrogens with one attached hydrogen (secondary N) is 1. The molecule has 2 aromatic carbocycles. The molecule has 0 aromatic heterocycles. The van der Waals surface area contributed by atoms with Crippen LogP contribution in [0.15, 0.2) is 36.4 Å². The molecule has 2 N–H and O–H groups in total. The Morgan fingerprint density at radius 1 is 1.00 bits per heavy atom. The lowest BCUT2D eigenvalue weighted by molar-refractivity contribution is 0.0696. The molecule has 108 valence electrons. The van der Waals surface area contributed by atoms with Crippen molar-refractivity contribution in [1.29, 1.82) is 0 Å². The van der Waals surface area contributed by atoms with Gasteiger partial charge in [0.15, 0.2) is 0 Å². The summed E-state index contributed by atoms with van der Waals surface area (Å²) in [6.07, 6.45) is 0. The van der Waals surface area contributed by atoms with E-state index in [1.165, 1.54) is 12.1 Å². The molecule has 0 bridgehead atoms. The van der Waals surface area contributed by atoms with E-state index < -0.39 is 5.97 Å². The summed E-state index contributed by atoms with van der Waals surface area (Å²) < 4.78 is 2.91. The van der Waals surface area contributed by atoms with Gasteiger partial charge in [-0.15, -0.1) is 0 Å². The summed E-state index contributed by atoms with van der Waals surface area (Å²) in [6, 6.07) is 9.90. The zero-order valence-corrected chi connectivity index (χ0v) is 16.8. The lowest BCUT2D eigenvalue weighted by Gasteiger charge is -2.09. The number of carbonyl (C=O) groups excluding carboxylic acids is 1. The molecule has 0 aliphatic carbocycles. The Bertz CT molecular complexity index is 714. The molecule has 0 saturated heterocycles. The van der Waals surface area contributed by atoms with Crippen LogP contribution < -0.4 is 5.32 Å². The quantitative estimate of drug-likeness (QED) is 0.395. The van der Waals surface area contributed by atoms with E-state index in [1.807, 2.05) is 12.1 Å². The Morgan fingerprint density at radius 3 is 2.19 bits per heavy atom. The van der Waals surface area contributed by atoms with E-state index in [0.717, 1.165) is 10.7 Å². The van der Waals surface area contributed by atoms with Crippen LogP contribution in [0.25, 0.3) is 0 Å². The maximum absolute atomic E-state index is 12.3. The molecule has 0 fully saturated rings. The van der Waals surface area contributed by atoms with Crippen LogP contribution in [-0.4, -0.2) is 17.0 Å². The van der Waals surface area contributed by atoms with Crippen molar-refractivity contribution < 1.29 is 14.7 Å². The SMILES string of the molecule is O=C(O)c1ccc(NC(=O)c2cc(I)cc(I)c2I)cc1. The van der Waals surface area contributed by atoms with E-state index in [0.29, 0.717) is 11.3 Å². The summed E-state index contributed by atoms with van der Waals surface area (Å²) in [6.45, 7) is 0. The molecule has 7 heteroatoms. The summed E-state index contributed by atoms with van der Waals surface area (Å²) in [5.74, 6) is -1.20. The number of benzene rings is 2. The van der Waals surface area contributed by atoms with E-state index in [-0.39, 0.29) is 11.5 Å². The van der Waals surface area contributed by atoms with Crippen molar-refractivity contribution in [3.8, 4) is 0 Å². The van der Waals surface area contributed by atoms with Gasteiger partial charge in [0.1, 0.15) is 0 Å². The first-order valence-electron chi connectivity index (χ1n) is 5.67. The molecule has 0 atom stereocenters. The van der Waals surface area contributed by atoms with Crippen molar-refractivity contribution in [2.75, 3.05) is 5.32 Å². The van der Waals surface area contributed by atoms with Gasteiger partial charge >= 0.3 is 5.97 Å². The van der Waals surface area contributed by atoms with Crippen LogP contribution in [0.1, 0.15) is 20.7 Å². The summed E-state index contributed by atoms with van der Waals surface area (Å²) >= 11 is 6.51. The van der Waals surface area contributed by atoms with E-state index in [1.54, 1.807) is 12.1 Å². The fourth-order valence-electron chi connectivity index (χ4n) is 1.62. The zero-order chi connectivity index (χ0) is 15.6. The van der Waals surface area contributed by atoms with Crippen molar-refractivity contribution in [1.82, 2.24) is 0 Å². The van der Waals surface area contributed by atoms with Gasteiger partial charge in [-0.1, -0.05) is 0 Å². The van der Waals surface area contributed by atoms with Crippen molar-refractivity contribution in [2.45, 2.75) is 0 Å². The Labute approximate surface area is 162 Å². The topological polar surface area (TPSA) is 66.4 Å². The molecule has 0 unspecified atom stereocenters. The first kappa shape index (κ1) is 16.9. The highest BCUT2D eigenvalue weighted by molar-refractivity contribution is 14.1. The van der Waals surface area contributed by atoms with Crippen molar-refractivity contribution in [3.05, 3.63) is 58.2 Å². The van der Waals surface area contributed by atoms with Crippen LogP contribution in [0.5, 0.6) is 0 Å². The number of halogens is 3. The molecule has 2 aromatic rings. The van der Waals surface area contributed by atoms with Gasteiger partial charge in [-0.25, -0.2) is 4.79 Å². The number of carboxylic acid groups (broad SMARTS) is 1. The molecule has 2 rings (SSSR count). The summed E-state index contributed by atoms with van der Waals surface area (Å²) in [7, 11) is 0. The Balaban J connectivity index is 2.24. The number of carboxylic acids is 1. The second-order valence-electron chi connectivity index (χ2n) is 4.09. The minimum Gasteiger partial charge on any atom is -0.478 e. The number of rotatable bonds is 3. The molecule has 1 amide bonds. The molecule has 0 aliphatic rings.